The summed E-state index contributed by atoms with van der Waals surface area (Å²) < 4.78 is 3.61. The van der Waals surface area contributed by atoms with Gasteiger partial charge < -0.3 is 9.80 Å². The molecule has 2 saturated heterocycles. The Bertz CT molecular complexity index is 2770. The third-order valence-corrected chi connectivity index (χ3v) is 12.2. The summed E-state index contributed by atoms with van der Waals surface area (Å²) in [5.74, 6) is 0.805. The minimum atomic E-state index is 0.135. The number of rotatable bonds is 8. The number of carbonyl (C=O) groups excluding carboxylic acids is 2. The molecule has 0 bridgehead atoms. The van der Waals surface area contributed by atoms with Gasteiger partial charge in [0.2, 0.25) is 11.8 Å². The van der Waals surface area contributed by atoms with Gasteiger partial charge in [0.05, 0.1) is 35.9 Å². The summed E-state index contributed by atoms with van der Waals surface area (Å²) in [6.45, 7) is 16.9. The summed E-state index contributed by atoms with van der Waals surface area (Å²) in [6, 6.07) is 20.5. The Balaban J connectivity index is 0.000000162. The number of amides is 2. The molecule has 16 nitrogen and oxygen atoms in total. The van der Waals surface area contributed by atoms with Gasteiger partial charge in [-0.25, -0.2) is 19.0 Å². The number of nitrogens with one attached hydrogen (secondary N) is 2. The number of likely N-dealkylation sites (N-methyl/N-ethyl adjacent to an activating group) is 2. The van der Waals surface area contributed by atoms with E-state index in [9.17, 15) is 9.59 Å². The Kier molecular flexibility index (Phi) is 11.4. The lowest BCUT2D eigenvalue weighted by atomic mass is 9.94. The van der Waals surface area contributed by atoms with E-state index in [4.69, 9.17) is 10.2 Å². The van der Waals surface area contributed by atoms with Gasteiger partial charge in [0, 0.05) is 83.3 Å². The number of hydrogen-bond acceptors (Lipinski definition) is 10. The van der Waals surface area contributed by atoms with Crippen molar-refractivity contribution >= 4 is 34.5 Å². The molecule has 10 rings (SSSR count). The molecular formula is C48H54N14O2. The predicted octanol–water partition coefficient (Wildman–Crippen LogP) is 6.99. The van der Waals surface area contributed by atoms with Crippen LogP contribution in [0.1, 0.15) is 61.8 Å². The van der Waals surface area contributed by atoms with E-state index in [1.165, 1.54) is 0 Å². The van der Waals surface area contributed by atoms with Crippen LogP contribution in [0.15, 0.2) is 85.7 Å². The van der Waals surface area contributed by atoms with Crippen LogP contribution in [-0.4, -0.2) is 125 Å². The van der Waals surface area contributed by atoms with E-state index in [0.29, 0.717) is 26.2 Å². The third-order valence-electron chi connectivity index (χ3n) is 12.2. The van der Waals surface area contributed by atoms with Crippen LogP contribution in [0.25, 0.3) is 56.3 Å². The Morgan fingerprint density at radius 1 is 0.547 bits per heavy atom. The Morgan fingerprint density at radius 3 is 1.30 bits per heavy atom. The van der Waals surface area contributed by atoms with Gasteiger partial charge in [0.15, 0.2) is 11.3 Å². The van der Waals surface area contributed by atoms with E-state index in [0.717, 1.165) is 103 Å². The maximum absolute atomic E-state index is 12.4. The third kappa shape index (κ3) is 8.05. The lowest BCUT2D eigenvalue weighted by Gasteiger charge is -2.32. The summed E-state index contributed by atoms with van der Waals surface area (Å²) in [7, 11) is 3.95. The van der Waals surface area contributed by atoms with Crippen molar-refractivity contribution in [2.75, 3.05) is 63.2 Å². The van der Waals surface area contributed by atoms with Gasteiger partial charge in [0.1, 0.15) is 12.7 Å². The largest absolute Gasteiger partial charge is 0.310 e. The molecule has 2 N–H and O–H groups in total. The molecule has 0 saturated carbocycles. The van der Waals surface area contributed by atoms with Crippen LogP contribution in [0.4, 0.5) is 11.4 Å². The van der Waals surface area contributed by atoms with Gasteiger partial charge in [-0.15, -0.1) is 0 Å². The second-order valence-electron chi connectivity index (χ2n) is 17.6. The number of aryl methyl sites for hydroxylation is 2. The number of pyridine rings is 2. The van der Waals surface area contributed by atoms with E-state index < -0.39 is 0 Å². The molecule has 2 aliphatic rings. The zero-order valence-electron chi connectivity index (χ0n) is 37.7. The second kappa shape index (κ2) is 17.3. The fourth-order valence-electron chi connectivity index (χ4n) is 8.89. The summed E-state index contributed by atoms with van der Waals surface area (Å²) >= 11 is 0. The number of nitrogens with zero attached hydrogens (tertiary/aromatic N) is 12. The highest BCUT2D eigenvalue weighted by Gasteiger charge is 2.26. The smallest absolute Gasteiger partial charge is 0.241 e. The summed E-state index contributed by atoms with van der Waals surface area (Å²) in [4.78, 5) is 41.3. The van der Waals surface area contributed by atoms with Crippen molar-refractivity contribution in [2.24, 2.45) is 0 Å². The number of H-pyrrole nitrogens is 2. The highest BCUT2D eigenvalue weighted by Crippen LogP contribution is 2.38. The summed E-state index contributed by atoms with van der Waals surface area (Å²) in [5.41, 5.74) is 16.0. The SMILES string of the molecule is Cc1cc(-c2[nH]nc(-c3ccc(N4CCN(C)CC4=O)cc3)c2C(C)C)cn2ncnc12.Cc1cc(-c2[nH]nc(-c3ccc(N4CCN(C)CC4=O)cc3)c2C(C)C)cn2ncnc12. The van der Waals surface area contributed by atoms with Crippen LogP contribution in [0.2, 0.25) is 0 Å². The molecule has 0 unspecified atom stereocenters. The van der Waals surface area contributed by atoms with Crippen molar-refractivity contribution < 1.29 is 9.59 Å². The first-order valence-electron chi connectivity index (χ1n) is 21.8. The van der Waals surface area contributed by atoms with Crippen molar-refractivity contribution in [2.45, 2.75) is 53.4 Å². The second-order valence-corrected chi connectivity index (χ2v) is 17.6. The molecule has 328 valence electrons. The van der Waals surface area contributed by atoms with E-state index in [-0.39, 0.29) is 23.7 Å². The maximum Gasteiger partial charge on any atom is 0.241 e. The summed E-state index contributed by atoms with van der Waals surface area (Å²) in [5, 5.41) is 24.5. The van der Waals surface area contributed by atoms with E-state index in [1.807, 2.05) is 84.2 Å². The van der Waals surface area contributed by atoms with Gasteiger partial charge in [-0.05, 0) is 87.3 Å². The van der Waals surface area contributed by atoms with Gasteiger partial charge in [-0.3, -0.25) is 29.6 Å². The molecule has 2 fully saturated rings. The Labute approximate surface area is 371 Å². The van der Waals surface area contributed by atoms with Crippen molar-refractivity contribution in [3.05, 3.63) is 108 Å². The molecule has 16 heteroatoms. The molecular weight excluding hydrogens is 805 g/mol. The van der Waals surface area contributed by atoms with Crippen molar-refractivity contribution in [1.82, 2.24) is 59.4 Å². The molecule has 0 atom stereocenters. The molecule has 0 aliphatic carbocycles. The number of fused-ring (bicyclic) bond motifs is 2. The van der Waals surface area contributed by atoms with Crippen LogP contribution < -0.4 is 9.80 Å². The normalized spacial score (nSPS) is 15.3. The fourth-order valence-corrected chi connectivity index (χ4v) is 8.89. The van der Waals surface area contributed by atoms with Crippen LogP contribution in [0.5, 0.6) is 0 Å². The summed E-state index contributed by atoms with van der Waals surface area (Å²) in [6.07, 6.45) is 7.11. The van der Waals surface area contributed by atoms with Crippen molar-refractivity contribution in [3.8, 4) is 45.0 Å². The number of aromatic amines is 2. The molecule has 2 aliphatic heterocycles. The quantitative estimate of drug-likeness (QED) is 0.163. The number of hydrogen-bond donors (Lipinski definition) is 2. The molecule has 0 spiro atoms. The highest BCUT2D eigenvalue weighted by molar-refractivity contribution is 5.96. The van der Waals surface area contributed by atoms with Gasteiger partial charge >= 0.3 is 0 Å². The topological polar surface area (TPSA) is 165 Å². The molecule has 2 aromatic carbocycles. The Morgan fingerprint density at radius 2 is 0.938 bits per heavy atom. The molecule has 2 amide bonds. The standard InChI is InChI=1S/2C24H27N7O/c2*1-15(2)21-22(17-5-7-19(8-6-17)30-10-9-29(4)13-20(30)32)27-28-23(21)18-11-16(3)24-25-14-26-31(24)12-18/h2*5-8,11-12,14-15H,9-10,13H2,1-4H3,(H,27,28). The first kappa shape index (κ1) is 42.3. The zero-order valence-corrected chi connectivity index (χ0v) is 37.7. The van der Waals surface area contributed by atoms with Gasteiger partial charge in [-0.1, -0.05) is 52.0 Å². The molecule has 6 aromatic heterocycles. The minimum Gasteiger partial charge on any atom is -0.310 e. The number of carbonyl (C=O) groups is 2. The highest BCUT2D eigenvalue weighted by atomic mass is 16.2. The zero-order chi connectivity index (χ0) is 44.8. The first-order valence-corrected chi connectivity index (χ1v) is 21.8. The lowest BCUT2D eigenvalue weighted by molar-refractivity contribution is -0.121. The monoisotopic (exact) mass is 858 g/mol. The lowest BCUT2D eigenvalue weighted by Crippen LogP contribution is -2.48. The van der Waals surface area contributed by atoms with E-state index >= 15 is 0 Å². The average molecular weight is 859 g/mol. The molecule has 0 radical (unpaired) electrons. The first-order chi connectivity index (χ1) is 30.8. The average Bonchev–Trinajstić information content (AvgIpc) is 4.11. The van der Waals surface area contributed by atoms with Gasteiger partial charge in [0.25, 0.3) is 0 Å². The van der Waals surface area contributed by atoms with E-state index in [1.54, 1.807) is 21.7 Å². The van der Waals surface area contributed by atoms with E-state index in [2.05, 4.69) is 94.5 Å². The van der Waals surface area contributed by atoms with Gasteiger partial charge in [-0.2, -0.15) is 20.4 Å². The minimum absolute atomic E-state index is 0.135. The van der Waals surface area contributed by atoms with Crippen molar-refractivity contribution in [1.29, 1.82) is 0 Å². The van der Waals surface area contributed by atoms with Crippen LogP contribution in [0, 0.1) is 13.8 Å². The van der Waals surface area contributed by atoms with Crippen LogP contribution in [-0.2, 0) is 9.59 Å². The molecule has 64 heavy (non-hydrogen) atoms. The number of aromatic nitrogens is 10. The fraction of sp³-hybridized carbons (Fsp3) is 0.333. The Hall–Kier alpha value is -7.04. The van der Waals surface area contributed by atoms with Crippen LogP contribution >= 0.6 is 0 Å². The molecule has 8 heterocycles. The van der Waals surface area contributed by atoms with Crippen molar-refractivity contribution in [3.63, 3.8) is 0 Å². The van der Waals surface area contributed by atoms with Crippen LogP contribution in [0.3, 0.4) is 0 Å². The number of anilines is 2. The predicted molar refractivity (Wildman–Crippen MR) is 249 cm³/mol. The maximum atomic E-state index is 12.4. The molecule has 8 aromatic rings. The number of piperazine rings is 2. The number of benzene rings is 2.